The molecule has 0 radical (unpaired) electrons. The van der Waals surface area contributed by atoms with Crippen LogP contribution in [-0.4, -0.2) is 45.0 Å². The van der Waals surface area contributed by atoms with Crippen LogP contribution < -0.4 is 0 Å². The summed E-state index contributed by atoms with van der Waals surface area (Å²) in [6.45, 7) is 4.11. The fourth-order valence-electron chi connectivity index (χ4n) is 2.18. The first-order chi connectivity index (χ1) is 8.43. The van der Waals surface area contributed by atoms with E-state index in [1.54, 1.807) is 23.9 Å². The Morgan fingerprint density at radius 2 is 2.28 bits per heavy atom. The highest BCUT2D eigenvalue weighted by Gasteiger charge is 2.45. The summed E-state index contributed by atoms with van der Waals surface area (Å²) in [5.74, 6) is -0.430. The maximum Gasteiger partial charge on any atom is 0.327 e. The number of carboxylic acids is 1. The number of hydrogen-bond donors (Lipinski definition) is 1. The molecule has 1 atom stereocenters. The van der Waals surface area contributed by atoms with Gasteiger partial charge in [0.2, 0.25) is 0 Å². The third-order valence-corrected chi connectivity index (χ3v) is 4.36. The minimum atomic E-state index is -0.980. The van der Waals surface area contributed by atoms with Gasteiger partial charge in [-0.15, -0.1) is 0 Å². The van der Waals surface area contributed by atoms with E-state index in [4.69, 9.17) is 4.42 Å². The highest BCUT2D eigenvalue weighted by Crippen LogP contribution is 2.36. The molecule has 1 aliphatic heterocycles. The monoisotopic (exact) mass is 269 g/mol. The molecule has 6 heteroatoms. The van der Waals surface area contributed by atoms with Crippen molar-refractivity contribution < 1.29 is 19.1 Å². The van der Waals surface area contributed by atoms with Crippen LogP contribution in [-0.2, 0) is 4.79 Å². The molecule has 0 bridgehead atoms. The second kappa shape index (κ2) is 4.68. The van der Waals surface area contributed by atoms with E-state index in [2.05, 4.69) is 0 Å². The Hall–Kier alpha value is -1.43. The van der Waals surface area contributed by atoms with E-state index in [1.165, 1.54) is 11.2 Å². The number of carbonyl (C=O) groups is 2. The van der Waals surface area contributed by atoms with Crippen molar-refractivity contribution in [2.24, 2.45) is 0 Å². The molecule has 1 aliphatic rings. The summed E-state index contributed by atoms with van der Waals surface area (Å²) in [5.41, 5.74) is 0. The van der Waals surface area contributed by atoms with Gasteiger partial charge in [-0.25, -0.2) is 4.79 Å². The highest BCUT2D eigenvalue weighted by molar-refractivity contribution is 8.00. The van der Waals surface area contributed by atoms with Gasteiger partial charge in [-0.2, -0.15) is 11.8 Å². The first-order valence-corrected chi connectivity index (χ1v) is 6.63. The summed E-state index contributed by atoms with van der Waals surface area (Å²) >= 11 is 1.57. The number of hydrogen-bond acceptors (Lipinski definition) is 4. The molecule has 2 heterocycles. The lowest BCUT2D eigenvalue weighted by atomic mass is 10.0. The van der Waals surface area contributed by atoms with Gasteiger partial charge in [0.15, 0.2) is 5.76 Å². The molecule has 1 aromatic rings. The van der Waals surface area contributed by atoms with Crippen LogP contribution in [0.15, 0.2) is 22.8 Å². The van der Waals surface area contributed by atoms with Gasteiger partial charge in [0, 0.05) is 17.0 Å². The third kappa shape index (κ3) is 2.25. The summed E-state index contributed by atoms with van der Waals surface area (Å²) < 4.78 is 4.55. The van der Waals surface area contributed by atoms with Crippen molar-refractivity contribution in [1.82, 2.24) is 4.90 Å². The standard InChI is InChI=1S/C12H15NO4S/c1-12(2)9(11(15)16)13(5-7-18-12)10(14)8-4-3-6-17-8/h3-4,6,9H,5,7H2,1-2H3,(H,15,16)/t9-/m0/s1. The average Bonchev–Trinajstić information content (AvgIpc) is 2.79. The Kier molecular flexibility index (Phi) is 3.38. The van der Waals surface area contributed by atoms with Crippen molar-refractivity contribution in [3.8, 4) is 0 Å². The second-order valence-electron chi connectivity index (χ2n) is 4.67. The number of rotatable bonds is 2. The topological polar surface area (TPSA) is 70.8 Å². The van der Waals surface area contributed by atoms with Crippen molar-refractivity contribution in [2.45, 2.75) is 24.6 Å². The Morgan fingerprint density at radius 3 is 2.83 bits per heavy atom. The number of furan rings is 1. The number of thioether (sulfide) groups is 1. The van der Waals surface area contributed by atoms with Crippen molar-refractivity contribution in [2.75, 3.05) is 12.3 Å². The molecule has 0 saturated carbocycles. The van der Waals surface area contributed by atoms with Crippen LogP contribution >= 0.6 is 11.8 Å². The number of carbonyl (C=O) groups excluding carboxylic acids is 1. The number of amides is 1. The highest BCUT2D eigenvalue weighted by atomic mass is 32.2. The van der Waals surface area contributed by atoms with Gasteiger partial charge in [-0.05, 0) is 26.0 Å². The molecule has 1 aromatic heterocycles. The summed E-state index contributed by atoms with van der Waals surface area (Å²) in [4.78, 5) is 25.0. The average molecular weight is 269 g/mol. The lowest BCUT2D eigenvalue weighted by Crippen LogP contribution is -2.58. The van der Waals surface area contributed by atoms with Crippen molar-refractivity contribution >= 4 is 23.6 Å². The number of aliphatic carboxylic acids is 1. The van der Waals surface area contributed by atoms with Gasteiger partial charge < -0.3 is 14.4 Å². The molecule has 0 spiro atoms. The molecule has 1 saturated heterocycles. The van der Waals surface area contributed by atoms with Gasteiger partial charge in [-0.1, -0.05) is 0 Å². The first-order valence-electron chi connectivity index (χ1n) is 5.65. The van der Waals surface area contributed by atoms with Gasteiger partial charge in [-0.3, -0.25) is 4.79 Å². The molecule has 0 aromatic carbocycles. The van der Waals surface area contributed by atoms with Crippen LogP contribution in [0.3, 0.4) is 0 Å². The van der Waals surface area contributed by atoms with Crippen LogP contribution in [0.1, 0.15) is 24.4 Å². The molecule has 1 fully saturated rings. The van der Waals surface area contributed by atoms with E-state index in [9.17, 15) is 14.7 Å². The van der Waals surface area contributed by atoms with Crippen LogP contribution in [0.25, 0.3) is 0 Å². The molecule has 0 aliphatic carbocycles. The summed E-state index contributed by atoms with van der Waals surface area (Å²) in [6.07, 6.45) is 1.41. The fourth-order valence-corrected chi connectivity index (χ4v) is 3.38. The molecular formula is C12H15NO4S. The van der Waals surface area contributed by atoms with E-state index < -0.39 is 16.8 Å². The second-order valence-corrected chi connectivity index (χ2v) is 6.42. The zero-order valence-corrected chi connectivity index (χ0v) is 11.1. The predicted molar refractivity (Wildman–Crippen MR) is 67.7 cm³/mol. The summed E-state index contributed by atoms with van der Waals surface area (Å²) in [7, 11) is 0. The van der Waals surface area contributed by atoms with Crippen molar-refractivity contribution in [3.63, 3.8) is 0 Å². The van der Waals surface area contributed by atoms with Gasteiger partial charge in [0.05, 0.1) is 6.26 Å². The Labute approximate surface area is 109 Å². The molecule has 1 N–H and O–H groups in total. The van der Waals surface area contributed by atoms with E-state index in [0.29, 0.717) is 6.54 Å². The lowest BCUT2D eigenvalue weighted by Gasteiger charge is -2.43. The minimum Gasteiger partial charge on any atom is -0.480 e. The fraction of sp³-hybridized carbons (Fsp3) is 0.500. The molecule has 98 valence electrons. The maximum absolute atomic E-state index is 12.2. The molecule has 18 heavy (non-hydrogen) atoms. The number of carboxylic acid groups (broad SMARTS) is 1. The molecular weight excluding hydrogens is 254 g/mol. The zero-order chi connectivity index (χ0) is 13.3. The Morgan fingerprint density at radius 1 is 1.56 bits per heavy atom. The van der Waals surface area contributed by atoms with Crippen LogP contribution in [0.5, 0.6) is 0 Å². The Balaban J connectivity index is 2.30. The minimum absolute atomic E-state index is 0.184. The lowest BCUT2D eigenvalue weighted by molar-refractivity contribution is -0.143. The zero-order valence-electron chi connectivity index (χ0n) is 10.3. The van der Waals surface area contributed by atoms with Gasteiger partial charge >= 0.3 is 5.97 Å². The van der Waals surface area contributed by atoms with Gasteiger partial charge in [0.25, 0.3) is 5.91 Å². The smallest absolute Gasteiger partial charge is 0.327 e. The van der Waals surface area contributed by atoms with Gasteiger partial charge in [0.1, 0.15) is 6.04 Å². The normalized spacial score (nSPS) is 22.8. The third-order valence-electron chi connectivity index (χ3n) is 3.00. The molecule has 1 amide bonds. The summed E-state index contributed by atoms with van der Waals surface area (Å²) in [6, 6.07) is 2.33. The van der Waals surface area contributed by atoms with E-state index in [1.807, 2.05) is 13.8 Å². The molecule has 5 nitrogen and oxygen atoms in total. The quantitative estimate of drug-likeness (QED) is 0.884. The van der Waals surface area contributed by atoms with Crippen molar-refractivity contribution in [3.05, 3.63) is 24.2 Å². The number of nitrogens with zero attached hydrogens (tertiary/aromatic N) is 1. The van der Waals surface area contributed by atoms with Crippen molar-refractivity contribution in [1.29, 1.82) is 0 Å². The predicted octanol–water partition coefficient (Wildman–Crippen LogP) is 1.70. The largest absolute Gasteiger partial charge is 0.480 e. The molecule has 2 rings (SSSR count). The SMILES string of the molecule is CC1(C)SCCN(C(=O)c2ccco2)[C@H]1C(=O)O. The van der Waals surface area contributed by atoms with Crippen LogP contribution in [0, 0.1) is 0 Å². The maximum atomic E-state index is 12.2. The van der Waals surface area contributed by atoms with E-state index >= 15 is 0 Å². The Bertz CT molecular complexity index is 455. The van der Waals surface area contributed by atoms with Crippen LogP contribution in [0.4, 0.5) is 0 Å². The van der Waals surface area contributed by atoms with E-state index in [0.717, 1.165) is 5.75 Å². The van der Waals surface area contributed by atoms with E-state index in [-0.39, 0.29) is 11.7 Å². The van der Waals surface area contributed by atoms with Crippen LogP contribution in [0.2, 0.25) is 0 Å². The summed E-state index contributed by atoms with van der Waals surface area (Å²) in [5, 5.41) is 9.35. The molecule has 0 unspecified atom stereocenters. The first kappa shape index (κ1) is 13.0.